The van der Waals surface area contributed by atoms with Gasteiger partial charge < -0.3 is 11.1 Å². The molecule has 0 aliphatic carbocycles. The van der Waals surface area contributed by atoms with Gasteiger partial charge in [-0.3, -0.25) is 9.59 Å². The van der Waals surface area contributed by atoms with E-state index in [0.717, 1.165) is 0 Å². The van der Waals surface area contributed by atoms with E-state index >= 15 is 0 Å². The zero-order chi connectivity index (χ0) is 12.2. The SMILES string of the molecule is CC(=O)[C@@H](NC(=O)[C@@H](N)C(C)C)C(C)C. The molecular formula is C11H22N2O2. The molecule has 0 aliphatic rings. The predicted octanol–water partition coefficient (Wildman–Crippen LogP) is 0.699. The van der Waals surface area contributed by atoms with Crippen molar-refractivity contribution in [1.82, 2.24) is 5.32 Å². The van der Waals surface area contributed by atoms with Crippen molar-refractivity contribution < 1.29 is 9.59 Å². The Hall–Kier alpha value is -0.900. The topological polar surface area (TPSA) is 72.2 Å². The summed E-state index contributed by atoms with van der Waals surface area (Å²) in [4.78, 5) is 22.9. The molecule has 0 radical (unpaired) electrons. The van der Waals surface area contributed by atoms with Crippen LogP contribution in [0, 0.1) is 11.8 Å². The summed E-state index contributed by atoms with van der Waals surface area (Å²) in [5.41, 5.74) is 5.69. The maximum Gasteiger partial charge on any atom is 0.237 e. The number of rotatable bonds is 5. The fraction of sp³-hybridized carbons (Fsp3) is 0.818. The number of hydrogen-bond donors (Lipinski definition) is 2. The summed E-state index contributed by atoms with van der Waals surface area (Å²) in [7, 11) is 0. The summed E-state index contributed by atoms with van der Waals surface area (Å²) in [6, 6.07) is -0.979. The first-order valence-electron chi connectivity index (χ1n) is 5.33. The van der Waals surface area contributed by atoms with Crippen molar-refractivity contribution in [3.05, 3.63) is 0 Å². The molecule has 0 aromatic heterocycles. The minimum absolute atomic E-state index is 0.0330. The van der Waals surface area contributed by atoms with E-state index in [1.807, 2.05) is 27.7 Å². The van der Waals surface area contributed by atoms with E-state index in [1.54, 1.807) is 0 Å². The molecule has 0 heterocycles. The van der Waals surface area contributed by atoms with Crippen molar-refractivity contribution >= 4 is 11.7 Å². The molecule has 0 aromatic rings. The second-order valence-corrected chi connectivity index (χ2v) is 4.61. The number of carbonyl (C=O) groups is 2. The first kappa shape index (κ1) is 14.1. The lowest BCUT2D eigenvalue weighted by Gasteiger charge is -2.23. The van der Waals surface area contributed by atoms with E-state index < -0.39 is 12.1 Å². The highest BCUT2D eigenvalue weighted by Crippen LogP contribution is 2.05. The van der Waals surface area contributed by atoms with Crippen molar-refractivity contribution in [1.29, 1.82) is 0 Å². The molecule has 4 heteroatoms. The number of nitrogens with two attached hydrogens (primary N) is 1. The third-order valence-corrected chi connectivity index (χ3v) is 2.42. The van der Waals surface area contributed by atoms with E-state index in [2.05, 4.69) is 5.32 Å². The zero-order valence-electron chi connectivity index (χ0n) is 10.2. The van der Waals surface area contributed by atoms with Gasteiger partial charge in [-0.1, -0.05) is 27.7 Å². The summed E-state index contributed by atoms with van der Waals surface area (Å²) in [5.74, 6) is -0.121. The molecule has 0 saturated carbocycles. The summed E-state index contributed by atoms with van der Waals surface area (Å²) in [5, 5.41) is 2.68. The van der Waals surface area contributed by atoms with Crippen LogP contribution in [0.25, 0.3) is 0 Å². The van der Waals surface area contributed by atoms with Gasteiger partial charge in [0, 0.05) is 0 Å². The number of Topliss-reactive ketones (excluding diaryl/α,β-unsaturated/α-hetero) is 1. The normalized spacial score (nSPS) is 15.2. The molecule has 0 fully saturated rings. The van der Waals surface area contributed by atoms with Crippen molar-refractivity contribution in [3.63, 3.8) is 0 Å². The molecule has 15 heavy (non-hydrogen) atoms. The van der Waals surface area contributed by atoms with Crippen molar-refractivity contribution in [2.24, 2.45) is 17.6 Å². The fourth-order valence-electron chi connectivity index (χ4n) is 1.29. The third-order valence-electron chi connectivity index (χ3n) is 2.42. The Balaban J connectivity index is 4.43. The number of hydrogen-bond acceptors (Lipinski definition) is 3. The van der Waals surface area contributed by atoms with Crippen LogP contribution >= 0.6 is 0 Å². The lowest BCUT2D eigenvalue weighted by atomic mass is 9.98. The van der Waals surface area contributed by atoms with Gasteiger partial charge >= 0.3 is 0 Å². The van der Waals surface area contributed by atoms with Gasteiger partial charge in [0.25, 0.3) is 0 Å². The molecule has 0 aromatic carbocycles. The Kier molecular flexibility index (Phi) is 5.50. The van der Waals surface area contributed by atoms with E-state index in [-0.39, 0.29) is 23.5 Å². The van der Waals surface area contributed by atoms with Crippen LogP contribution in [0.1, 0.15) is 34.6 Å². The van der Waals surface area contributed by atoms with Crippen LogP contribution in [-0.2, 0) is 9.59 Å². The van der Waals surface area contributed by atoms with Crippen LogP contribution in [0.3, 0.4) is 0 Å². The van der Waals surface area contributed by atoms with Gasteiger partial charge in [0.2, 0.25) is 5.91 Å². The fourth-order valence-corrected chi connectivity index (χ4v) is 1.29. The summed E-state index contributed by atoms with van der Waals surface area (Å²) < 4.78 is 0. The van der Waals surface area contributed by atoms with E-state index in [0.29, 0.717) is 0 Å². The third kappa shape index (κ3) is 4.42. The van der Waals surface area contributed by atoms with Crippen molar-refractivity contribution in [2.75, 3.05) is 0 Å². The summed E-state index contributed by atoms with van der Waals surface area (Å²) >= 11 is 0. The highest BCUT2D eigenvalue weighted by molar-refractivity contribution is 5.89. The molecule has 1 amide bonds. The second-order valence-electron chi connectivity index (χ2n) is 4.61. The van der Waals surface area contributed by atoms with Crippen LogP contribution in [0.5, 0.6) is 0 Å². The van der Waals surface area contributed by atoms with Crippen LogP contribution in [0.15, 0.2) is 0 Å². The molecule has 0 aliphatic heterocycles. The first-order chi connectivity index (χ1) is 6.77. The highest BCUT2D eigenvalue weighted by atomic mass is 16.2. The van der Waals surface area contributed by atoms with E-state index in [4.69, 9.17) is 5.73 Å². The summed E-state index contributed by atoms with van der Waals surface area (Å²) in [6.45, 7) is 9.02. The predicted molar refractivity (Wildman–Crippen MR) is 60.3 cm³/mol. The molecule has 0 bridgehead atoms. The van der Waals surface area contributed by atoms with E-state index in [9.17, 15) is 9.59 Å². The zero-order valence-corrected chi connectivity index (χ0v) is 10.2. The molecule has 88 valence electrons. The molecule has 0 spiro atoms. The van der Waals surface area contributed by atoms with Gasteiger partial charge in [-0.05, 0) is 18.8 Å². The Bertz CT molecular complexity index is 237. The van der Waals surface area contributed by atoms with Gasteiger partial charge in [-0.25, -0.2) is 0 Å². The highest BCUT2D eigenvalue weighted by Gasteiger charge is 2.24. The molecule has 0 saturated heterocycles. The van der Waals surface area contributed by atoms with Crippen molar-refractivity contribution in [3.8, 4) is 0 Å². The monoisotopic (exact) mass is 214 g/mol. The van der Waals surface area contributed by atoms with Crippen LogP contribution < -0.4 is 11.1 Å². The second kappa shape index (κ2) is 5.85. The number of ketones is 1. The smallest absolute Gasteiger partial charge is 0.237 e. The number of carbonyl (C=O) groups excluding carboxylic acids is 2. The molecule has 0 unspecified atom stereocenters. The molecule has 4 nitrogen and oxygen atoms in total. The molecule has 2 atom stereocenters. The maximum absolute atomic E-state index is 11.6. The van der Waals surface area contributed by atoms with Gasteiger partial charge in [-0.2, -0.15) is 0 Å². The average molecular weight is 214 g/mol. The number of amides is 1. The Morgan fingerprint density at radius 1 is 1.07 bits per heavy atom. The first-order valence-corrected chi connectivity index (χ1v) is 5.33. The largest absolute Gasteiger partial charge is 0.345 e. The average Bonchev–Trinajstić information content (AvgIpc) is 2.11. The van der Waals surface area contributed by atoms with Gasteiger partial charge in [0.15, 0.2) is 5.78 Å². The van der Waals surface area contributed by atoms with Gasteiger partial charge in [-0.15, -0.1) is 0 Å². The molecule has 3 N–H and O–H groups in total. The van der Waals surface area contributed by atoms with Crippen LogP contribution in [0.4, 0.5) is 0 Å². The molecular weight excluding hydrogens is 192 g/mol. The van der Waals surface area contributed by atoms with Gasteiger partial charge in [0.05, 0.1) is 12.1 Å². The minimum Gasteiger partial charge on any atom is -0.345 e. The summed E-state index contributed by atoms with van der Waals surface area (Å²) in [6.07, 6.45) is 0. The Morgan fingerprint density at radius 3 is 1.80 bits per heavy atom. The lowest BCUT2D eigenvalue weighted by molar-refractivity contribution is -0.129. The number of nitrogens with one attached hydrogen (secondary N) is 1. The Labute approximate surface area is 91.6 Å². The van der Waals surface area contributed by atoms with Crippen LogP contribution in [-0.4, -0.2) is 23.8 Å². The van der Waals surface area contributed by atoms with Crippen LogP contribution in [0.2, 0.25) is 0 Å². The standard InChI is InChI=1S/C11H22N2O2/c1-6(2)9(12)11(15)13-10(7(3)4)8(5)14/h6-7,9-10H,12H2,1-5H3,(H,13,15)/t9-,10-/m0/s1. The van der Waals surface area contributed by atoms with Crippen molar-refractivity contribution in [2.45, 2.75) is 46.7 Å². The maximum atomic E-state index is 11.6. The van der Waals surface area contributed by atoms with Gasteiger partial charge in [0.1, 0.15) is 0 Å². The molecule has 0 rings (SSSR count). The quantitative estimate of drug-likeness (QED) is 0.707. The minimum atomic E-state index is -0.550. The van der Waals surface area contributed by atoms with E-state index in [1.165, 1.54) is 6.92 Å². The lowest BCUT2D eigenvalue weighted by Crippen LogP contribution is -2.51. The Morgan fingerprint density at radius 2 is 1.53 bits per heavy atom.